The molecule has 0 amide bonds. The number of aromatic nitrogens is 1. The van der Waals surface area contributed by atoms with Crippen molar-refractivity contribution in [3.05, 3.63) is 59.9 Å². The number of nitrogens with zero attached hydrogens (tertiary/aromatic N) is 2. The Morgan fingerprint density at radius 3 is 2.65 bits per heavy atom. The molecular weight excluding hydrogens is 256 g/mol. The van der Waals surface area contributed by atoms with Crippen LogP contribution in [0.15, 0.2) is 48.8 Å². The number of esters is 1. The predicted octanol–water partition coefficient (Wildman–Crippen LogP) is 2.19. The summed E-state index contributed by atoms with van der Waals surface area (Å²) in [6, 6.07) is 12.0. The van der Waals surface area contributed by atoms with Gasteiger partial charge in [0, 0.05) is 12.4 Å². The molecule has 0 saturated heterocycles. The predicted molar refractivity (Wildman–Crippen MR) is 71.2 cm³/mol. The molecule has 1 aromatic carbocycles. The van der Waals surface area contributed by atoms with Gasteiger partial charge in [0.2, 0.25) is 0 Å². The van der Waals surface area contributed by atoms with Crippen LogP contribution in [0, 0.1) is 11.3 Å². The Balaban J connectivity index is 1.74. The van der Waals surface area contributed by atoms with E-state index in [1.54, 1.807) is 42.6 Å². The monoisotopic (exact) mass is 268 g/mol. The normalized spacial score (nSPS) is 9.55. The summed E-state index contributed by atoms with van der Waals surface area (Å²) in [5.41, 5.74) is 0.978. The zero-order chi connectivity index (χ0) is 14.2. The molecule has 5 heteroatoms. The molecule has 0 bridgehead atoms. The van der Waals surface area contributed by atoms with Crippen LogP contribution >= 0.6 is 0 Å². The highest BCUT2D eigenvalue weighted by molar-refractivity contribution is 5.88. The maximum Gasteiger partial charge on any atom is 0.339 e. The fourth-order valence-corrected chi connectivity index (χ4v) is 1.49. The number of ether oxygens (including phenoxy) is 2. The Labute approximate surface area is 116 Å². The smallest absolute Gasteiger partial charge is 0.339 e. The third kappa shape index (κ3) is 3.82. The molecule has 0 saturated carbocycles. The van der Waals surface area contributed by atoms with E-state index in [1.807, 2.05) is 6.07 Å². The van der Waals surface area contributed by atoms with Crippen LogP contribution in [0.3, 0.4) is 0 Å². The molecule has 20 heavy (non-hydrogen) atoms. The average molecular weight is 268 g/mol. The van der Waals surface area contributed by atoms with Gasteiger partial charge in [0.25, 0.3) is 0 Å². The lowest BCUT2D eigenvalue weighted by molar-refractivity contribution is 0.0450. The van der Waals surface area contributed by atoms with E-state index in [2.05, 4.69) is 4.98 Å². The minimum absolute atomic E-state index is 0.147. The van der Waals surface area contributed by atoms with Crippen molar-refractivity contribution in [2.24, 2.45) is 0 Å². The van der Waals surface area contributed by atoms with Gasteiger partial charge in [-0.3, -0.25) is 4.98 Å². The first-order valence-corrected chi connectivity index (χ1v) is 6.00. The highest BCUT2D eigenvalue weighted by atomic mass is 16.6. The average Bonchev–Trinajstić information content (AvgIpc) is 2.53. The largest absolute Gasteiger partial charge is 0.490 e. The topological polar surface area (TPSA) is 72.2 Å². The van der Waals surface area contributed by atoms with Crippen LogP contribution in [0.25, 0.3) is 0 Å². The number of benzene rings is 1. The highest BCUT2D eigenvalue weighted by Crippen LogP contribution is 2.11. The Hall–Kier alpha value is -2.87. The molecular formula is C15H12N2O3. The first kappa shape index (κ1) is 13.6. The zero-order valence-electron chi connectivity index (χ0n) is 10.7. The van der Waals surface area contributed by atoms with Crippen LogP contribution in [0.2, 0.25) is 0 Å². The number of rotatable bonds is 5. The first-order chi connectivity index (χ1) is 9.79. The molecule has 0 radical (unpaired) electrons. The van der Waals surface area contributed by atoms with E-state index in [4.69, 9.17) is 14.7 Å². The van der Waals surface area contributed by atoms with Crippen LogP contribution < -0.4 is 4.74 Å². The third-order valence-electron chi connectivity index (χ3n) is 2.47. The number of carbonyl (C=O) groups excluding carboxylic acids is 1. The number of pyridine rings is 1. The molecule has 2 rings (SSSR count). The van der Waals surface area contributed by atoms with E-state index >= 15 is 0 Å². The standard InChI is InChI=1S/C15H12N2O3/c16-10-12-3-5-14(6-4-12)19-8-9-20-15(18)13-2-1-7-17-11-13/h1-7,11H,8-9H2. The summed E-state index contributed by atoms with van der Waals surface area (Å²) in [5.74, 6) is 0.197. The minimum atomic E-state index is -0.429. The fraction of sp³-hybridized carbons (Fsp3) is 0.133. The van der Waals surface area contributed by atoms with Crippen molar-refractivity contribution in [1.29, 1.82) is 5.26 Å². The van der Waals surface area contributed by atoms with Gasteiger partial charge in [-0.25, -0.2) is 4.79 Å². The number of nitriles is 1. The van der Waals surface area contributed by atoms with Crippen molar-refractivity contribution in [3.63, 3.8) is 0 Å². The van der Waals surface area contributed by atoms with Gasteiger partial charge in [0.05, 0.1) is 17.2 Å². The highest BCUT2D eigenvalue weighted by Gasteiger charge is 2.06. The molecule has 0 unspecified atom stereocenters. The molecule has 5 nitrogen and oxygen atoms in total. The minimum Gasteiger partial charge on any atom is -0.490 e. The Bertz CT molecular complexity index is 603. The van der Waals surface area contributed by atoms with Gasteiger partial charge in [0.15, 0.2) is 0 Å². The Morgan fingerprint density at radius 2 is 2.00 bits per heavy atom. The summed E-state index contributed by atoms with van der Waals surface area (Å²) >= 11 is 0. The van der Waals surface area contributed by atoms with E-state index in [0.717, 1.165) is 0 Å². The molecule has 100 valence electrons. The van der Waals surface area contributed by atoms with Gasteiger partial charge in [0.1, 0.15) is 19.0 Å². The van der Waals surface area contributed by atoms with Crippen LogP contribution in [-0.2, 0) is 4.74 Å². The van der Waals surface area contributed by atoms with Crippen LogP contribution in [0.5, 0.6) is 5.75 Å². The van der Waals surface area contributed by atoms with E-state index in [1.165, 1.54) is 6.20 Å². The first-order valence-electron chi connectivity index (χ1n) is 6.00. The summed E-state index contributed by atoms with van der Waals surface area (Å²) in [4.78, 5) is 15.4. The molecule has 0 N–H and O–H groups in total. The molecule has 0 spiro atoms. The number of hydrogen-bond acceptors (Lipinski definition) is 5. The lowest BCUT2D eigenvalue weighted by Gasteiger charge is -2.07. The molecule has 0 aliphatic heterocycles. The van der Waals surface area contributed by atoms with Gasteiger partial charge in [-0.05, 0) is 36.4 Å². The Kier molecular flexibility index (Phi) is 4.68. The summed E-state index contributed by atoms with van der Waals surface area (Å²) < 4.78 is 10.4. The molecule has 0 aliphatic rings. The number of carbonyl (C=O) groups is 1. The fourth-order valence-electron chi connectivity index (χ4n) is 1.49. The summed E-state index contributed by atoms with van der Waals surface area (Å²) in [5, 5.41) is 8.66. The quantitative estimate of drug-likeness (QED) is 0.614. The van der Waals surface area contributed by atoms with E-state index < -0.39 is 5.97 Å². The Morgan fingerprint density at radius 1 is 1.20 bits per heavy atom. The van der Waals surface area contributed by atoms with Crippen molar-refractivity contribution in [2.45, 2.75) is 0 Å². The second-order valence-electron chi connectivity index (χ2n) is 3.86. The third-order valence-corrected chi connectivity index (χ3v) is 2.47. The van der Waals surface area contributed by atoms with Gasteiger partial charge in [-0.2, -0.15) is 5.26 Å². The SMILES string of the molecule is N#Cc1ccc(OCCOC(=O)c2cccnc2)cc1. The van der Waals surface area contributed by atoms with Crippen molar-refractivity contribution in [1.82, 2.24) is 4.98 Å². The second-order valence-corrected chi connectivity index (χ2v) is 3.86. The lowest BCUT2D eigenvalue weighted by atomic mass is 10.2. The van der Waals surface area contributed by atoms with Crippen molar-refractivity contribution in [2.75, 3.05) is 13.2 Å². The van der Waals surface area contributed by atoms with E-state index in [-0.39, 0.29) is 13.2 Å². The summed E-state index contributed by atoms with van der Waals surface area (Å²) in [7, 11) is 0. The maximum absolute atomic E-state index is 11.6. The summed E-state index contributed by atoms with van der Waals surface area (Å²) in [6.45, 7) is 0.394. The molecule has 0 aliphatic carbocycles. The summed E-state index contributed by atoms with van der Waals surface area (Å²) in [6.07, 6.45) is 3.04. The van der Waals surface area contributed by atoms with E-state index in [9.17, 15) is 4.79 Å². The van der Waals surface area contributed by atoms with Gasteiger partial charge < -0.3 is 9.47 Å². The molecule has 0 atom stereocenters. The molecule has 0 fully saturated rings. The molecule has 1 heterocycles. The lowest BCUT2D eigenvalue weighted by Crippen LogP contribution is -2.12. The van der Waals surface area contributed by atoms with Gasteiger partial charge in [-0.15, -0.1) is 0 Å². The van der Waals surface area contributed by atoms with Gasteiger partial charge >= 0.3 is 5.97 Å². The van der Waals surface area contributed by atoms with Crippen molar-refractivity contribution in [3.8, 4) is 11.8 Å². The second kappa shape index (κ2) is 6.90. The van der Waals surface area contributed by atoms with E-state index in [0.29, 0.717) is 16.9 Å². The van der Waals surface area contributed by atoms with Crippen molar-refractivity contribution < 1.29 is 14.3 Å². The molecule has 2 aromatic rings. The molecule has 1 aromatic heterocycles. The van der Waals surface area contributed by atoms with Crippen LogP contribution in [0.1, 0.15) is 15.9 Å². The van der Waals surface area contributed by atoms with Crippen LogP contribution in [-0.4, -0.2) is 24.2 Å². The van der Waals surface area contributed by atoms with Crippen molar-refractivity contribution >= 4 is 5.97 Å². The van der Waals surface area contributed by atoms with Crippen LogP contribution in [0.4, 0.5) is 0 Å². The van der Waals surface area contributed by atoms with Gasteiger partial charge in [-0.1, -0.05) is 0 Å². The zero-order valence-corrected chi connectivity index (χ0v) is 10.7. The maximum atomic E-state index is 11.6. The number of hydrogen-bond donors (Lipinski definition) is 0.